The van der Waals surface area contributed by atoms with Gasteiger partial charge < -0.3 is 19.3 Å². The number of carboxylic acids is 1. The van der Waals surface area contributed by atoms with E-state index in [1.165, 1.54) is 18.6 Å². The van der Waals surface area contributed by atoms with Crippen molar-refractivity contribution in [2.45, 2.75) is 12.9 Å². The molecule has 0 bridgehead atoms. The van der Waals surface area contributed by atoms with Gasteiger partial charge in [-0.25, -0.2) is 4.79 Å². The Morgan fingerprint density at radius 1 is 1.17 bits per heavy atom. The minimum atomic E-state index is -1.04. The number of benzene rings is 2. The third-order valence-electron chi connectivity index (χ3n) is 3.28. The van der Waals surface area contributed by atoms with E-state index in [-0.39, 0.29) is 5.56 Å². The minimum absolute atomic E-state index is 0.117. The third kappa shape index (κ3) is 3.48. The average Bonchev–Trinajstić information content (AvgIpc) is 3.08. The predicted octanol–water partition coefficient (Wildman–Crippen LogP) is 4.24. The second-order valence-electron chi connectivity index (χ2n) is 4.83. The van der Waals surface area contributed by atoms with Crippen LogP contribution in [0.3, 0.4) is 0 Å². The molecule has 0 aliphatic carbocycles. The smallest absolute Gasteiger partial charge is 0.336 e. The Hall–Kier alpha value is -2.47. The molecule has 2 aromatic carbocycles. The molecular formula is C17H13BrO5. The molecule has 0 saturated heterocycles. The van der Waals surface area contributed by atoms with E-state index in [0.29, 0.717) is 22.4 Å². The molecule has 5 nitrogen and oxygen atoms in total. The van der Waals surface area contributed by atoms with E-state index >= 15 is 0 Å². The summed E-state index contributed by atoms with van der Waals surface area (Å²) in [5.74, 6) is -0.543. The lowest BCUT2D eigenvalue weighted by molar-refractivity contribution is -0.0266. The maximum atomic E-state index is 11.3. The van der Waals surface area contributed by atoms with Crippen LogP contribution in [-0.4, -0.2) is 11.1 Å². The van der Waals surface area contributed by atoms with Gasteiger partial charge in [-0.3, -0.25) is 0 Å². The molecule has 0 radical (unpaired) electrons. The highest BCUT2D eigenvalue weighted by atomic mass is 79.9. The summed E-state index contributed by atoms with van der Waals surface area (Å²) in [6.45, 7) is 0.354. The third-order valence-corrected chi connectivity index (χ3v) is 3.94. The fraction of sp³-hybridized carbons (Fsp3) is 0.118. The summed E-state index contributed by atoms with van der Waals surface area (Å²) in [6, 6.07) is 12.8. The van der Waals surface area contributed by atoms with Crippen molar-refractivity contribution in [3.63, 3.8) is 0 Å². The van der Waals surface area contributed by atoms with Crippen LogP contribution in [0.4, 0.5) is 0 Å². The van der Waals surface area contributed by atoms with Crippen LogP contribution >= 0.6 is 15.9 Å². The highest BCUT2D eigenvalue weighted by Gasteiger charge is 2.24. The first-order chi connectivity index (χ1) is 11.1. The number of hydrogen-bond acceptors (Lipinski definition) is 4. The van der Waals surface area contributed by atoms with Gasteiger partial charge in [0.2, 0.25) is 0 Å². The van der Waals surface area contributed by atoms with E-state index in [9.17, 15) is 9.90 Å². The predicted molar refractivity (Wildman–Crippen MR) is 85.9 cm³/mol. The van der Waals surface area contributed by atoms with Gasteiger partial charge in [0.05, 0.1) is 11.1 Å². The lowest BCUT2D eigenvalue weighted by Crippen LogP contribution is -2.07. The van der Waals surface area contributed by atoms with Crippen molar-refractivity contribution in [1.29, 1.82) is 0 Å². The van der Waals surface area contributed by atoms with Crippen LogP contribution in [0.5, 0.6) is 5.75 Å². The zero-order valence-corrected chi connectivity index (χ0v) is 13.5. The summed E-state index contributed by atoms with van der Waals surface area (Å²) in [5.41, 5.74) is 1.64. The number of halogens is 1. The molecule has 1 N–H and O–H groups in total. The normalized spacial score (nSPS) is 13.4. The van der Waals surface area contributed by atoms with Crippen molar-refractivity contribution in [2.75, 3.05) is 0 Å². The molecule has 23 heavy (non-hydrogen) atoms. The van der Waals surface area contributed by atoms with E-state index in [4.69, 9.17) is 14.2 Å². The van der Waals surface area contributed by atoms with E-state index in [1.54, 1.807) is 6.07 Å². The first-order valence-corrected chi connectivity index (χ1v) is 7.64. The monoisotopic (exact) mass is 376 g/mol. The summed E-state index contributed by atoms with van der Waals surface area (Å²) < 4.78 is 16.9. The molecule has 0 aromatic heterocycles. The quantitative estimate of drug-likeness (QED) is 0.844. The Bertz CT molecular complexity index is 734. The van der Waals surface area contributed by atoms with Gasteiger partial charge in [-0.2, -0.15) is 0 Å². The molecule has 0 amide bonds. The standard InChI is InChI=1S/C17H13BrO5/c18-14-9-15(23-10-11-4-2-1-3-5-11)13(8-12(14)16(19)20)17-21-6-7-22-17/h1-9,17H,10H2,(H,19,20). The van der Waals surface area contributed by atoms with Gasteiger partial charge in [-0.05, 0) is 33.6 Å². The number of hydrogen-bond donors (Lipinski definition) is 1. The average molecular weight is 377 g/mol. The fourth-order valence-corrected chi connectivity index (χ4v) is 2.66. The Balaban J connectivity index is 1.90. The molecule has 1 aliphatic rings. The highest BCUT2D eigenvalue weighted by molar-refractivity contribution is 9.10. The second kappa shape index (κ2) is 6.75. The maximum absolute atomic E-state index is 11.3. The summed E-state index contributed by atoms with van der Waals surface area (Å²) in [7, 11) is 0. The Morgan fingerprint density at radius 3 is 2.52 bits per heavy atom. The van der Waals surface area contributed by atoms with Gasteiger partial charge in [0.1, 0.15) is 24.9 Å². The second-order valence-corrected chi connectivity index (χ2v) is 5.68. The van der Waals surface area contributed by atoms with Gasteiger partial charge in [0.25, 0.3) is 6.29 Å². The van der Waals surface area contributed by atoms with E-state index in [2.05, 4.69) is 15.9 Å². The van der Waals surface area contributed by atoms with Gasteiger partial charge in [-0.15, -0.1) is 0 Å². The fourth-order valence-electron chi connectivity index (χ4n) is 2.17. The molecule has 1 heterocycles. The molecule has 0 spiro atoms. The minimum Gasteiger partial charge on any atom is -0.488 e. The van der Waals surface area contributed by atoms with Crippen molar-refractivity contribution in [3.8, 4) is 5.75 Å². The summed E-state index contributed by atoms with van der Waals surface area (Å²) in [6.07, 6.45) is 2.11. The van der Waals surface area contributed by atoms with Gasteiger partial charge >= 0.3 is 5.97 Å². The topological polar surface area (TPSA) is 65.0 Å². The zero-order chi connectivity index (χ0) is 16.2. The van der Waals surface area contributed by atoms with Crippen LogP contribution in [0.2, 0.25) is 0 Å². The Labute approximate surface area is 141 Å². The van der Waals surface area contributed by atoms with Crippen LogP contribution in [0.1, 0.15) is 27.8 Å². The zero-order valence-electron chi connectivity index (χ0n) is 11.9. The number of carbonyl (C=O) groups is 1. The Kier molecular flexibility index (Phi) is 4.52. The Morgan fingerprint density at radius 2 is 1.87 bits per heavy atom. The van der Waals surface area contributed by atoms with Crippen molar-refractivity contribution >= 4 is 21.9 Å². The molecule has 6 heteroatoms. The summed E-state index contributed by atoms with van der Waals surface area (Å²) >= 11 is 3.26. The van der Waals surface area contributed by atoms with Crippen LogP contribution in [0.25, 0.3) is 0 Å². The molecular weight excluding hydrogens is 364 g/mol. The van der Waals surface area contributed by atoms with E-state index < -0.39 is 12.3 Å². The van der Waals surface area contributed by atoms with E-state index in [1.807, 2.05) is 30.3 Å². The number of carboxylic acid groups (broad SMARTS) is 1. The first kappa shape index (κ1) is 15.4. The molecule has 3 rings (SSSR count). The van der Waals surface area contributed by atoms with Crippen molar-refractivity contribution < 1.29 is 24.1 Å². The molecule has 0 saturated carbocycles. The van der Waals surface area contributed by atoms with Gasteiger partial charge in [-0.1, -0.05) is 30.3 Å². The summed E-state index contributed by atoms with van der Waals surface area (Å²) in [5, 5.41) is 9.26. The molecule has 0 atom stereocenters. The molecule has 1 aliphatic heterocycles. The maximum Gasteiger partial charge on any atom is 0.336 e. The molecule has 0 unspecified atom stereocenters. The van der Waals surface area contributed by atoms with Crippen molar-refractivity contribution in [1.82, 2.24) is 0 Å². The van der Waals surface area contributed by atoms with Crippen molar-refractivity contribution in [3.05, 3.63) is 76.2 Å². The van der Waals surface area contributed by atoms with Crippen LogP contribution in [0, 0.1) is 0 Å². The highest BCUT2D eigenvalue weighted by Crippen LogP contribution is 2.36. The lowest BCUT2D eigenvalue weighted by atomic mass is 10.1. The van der Waals surface area contributed by atoms with Crippen molar-refractivity contribution in [2.24, 2.45) is 0 Å². The molecule has 118 valence electrons. The van der Waals surface area contributed by atoms with Crippen LogP contribution < -0.4 is 4.74 Å². The molecule has 0 fully saturated rings. The van der Waals surface area contributed by atoms with Crippen LogP contribution in [-0.2, 0) is 16.1 Å². The van der Waals surface area contributed by atoms with E-state index in [0.717, 1.165) is 5.56 Å². The van der Waals surface area contributed by atoms with Gasteiger partial charge in [0, 0.05) is 4.47 Å². The van der Waals surface area contributed by atoms with Gasteiger partial charge in [0.15, 0.2) is 0 Å². The SMILES string of the molecule is O=C(O)c1cc(C2OC=CO2)c(OCc2ccccc2)cc1Br. The lowest BCUT2D eigenvalue weighted by Gasteiger charge is -2.17. The first-order valence-electron chi connectivity index (χ1n) is 6.84. The van der Waals surface area contributed by atoms with Crippen LogP contribution in [0.15, 0.2) is 59.5 Å². The number of aromatic carboxylic acids is 1. The summed E-state index contributed by atoms with van der Waals surface area (Å²) in [4.78, 5) is 11.3. The molecule has 2 aromatic rings. The number of rotatable bonds is 5. The number of ether oxygens (including phenoxy) is 3. The largest absolute Gasteiger partial charge is 0.488 e.